The number of ether oxygens (including phenoxy) is 1. The molecular weight excluding hydrogens is 423 g/mol. The largest absolute Gasteiger partial charge is 0.417 e. The van der Waals surface area contributed by atoms with Crippen LogP contribution in [-0.2, 0) is 17.5 Å². The number of pyridine rings is 1. The zero-order valence-corrected chi connectivity index (χ0v) is 16.9. The summed E-state index contributed by atoms with van der Waals surface area (Å²) in [7, 11) is 1.64. The predicted octanol–water partition coefficient (Wildman–Crippen LogP) is 2.87. The van der Waals surface area contributed by atoms with Gasteiger partial charge < -0.3 is 19.1 Å². The molecule has 0 amide bonds. The molecule has 0 aliphatic carbocycles. The third-order valence-electron chi connectivity index (χ3n) is 4.95. The quantitative estimate of drug-likeness (QED) is 0.602. The maximum absolute atomic E-state index is 12.8. The summed E-state index contributed by atoms with van der Waals surface area (Å²) in [5, 5.41) is -0.0143. The number of aromatic nitrogens is 5. The van der Waals surface area contributed by atoms with Crippen LogP contribution >= 0.6 is 11.6 Å². The molecule has 3 aromatic heterocycles. The number of hydrogen-bond acceptors (Lipinski definition) is 7. The second kappa shape index (κ2) is 8.23. The number of methoxy groups -OCH3 is 1. The Labute approximate surface area is 175 Å². The van der Waals surface area contributed by atoms with Crippen molar-refractivity contribution in [2.45, 2.75) is 12.7 Å². The summed E-state index contributed by atoms with van der Waals surface area (Å²) in [5.74, 6) is 1.07. The Morgan fingerprint density at radius 3 is 2.37 bits per heavy atom. The molecule has 0 radical (unpaired) electrons. The lowest BCUT2D eigenvalue weighted by Crippen LogP contribution is -2.47. The molecule has 4 heterocycles. The van der Waals surface area contributed by atoms with Crippen LogP contribution in [0.1, 0.15) is 5.56 Å². The fourth-order valence-corrected chi connectivity index (χ4v) is 3.69. The average Bonchev–Trinajstić information content (AvgIpc) is 3.15. The van der Waals surface area contributed by atoms with E-state index in [-0.39, 0.29) is 5.02 Å². The van der Waals surface area contributed by atoms with E-state index >= 15 is 0 Å². The van der Waals surface area contributed by atoms with E-state index in [4.69, 9.17) is 16.3 Å². The summed E-state index contributed by atoms with van der Waals surface area (Å²) in [6.45, 7) is 3.44. The molecule has 0 saturated carbocycles. The Morgan fingerprint density at radius 2 is 1.73 bits per heavy atom. The van der Waals surface area contributed by atoms with Gasteiger partial charge in [-0.1, -0.05) is 11.6 Å². The van der Waals surface area contributed by atoms with Crippen molar-refractivity contribution in [2.75, 3.05) is 49.7 Å². The number of nitrogens with zero attached hydrogens (tertiary/aromatic N) is 7. The minimum atomic E-state index is -4.47. The van der Waals surface area contributed by atoms with Crippen molar-refractivity contribution < 1.29 is 17.9 Å². The molecule has 0 aromatic carbocycles. The van der Waals surface area contributed by atoms with Crippen molar-refractivity contribution in [3.05, 3.63) is 35.5 Å². The van der Waals surface area contributed by atoms with E-state index in [0.717, 1.165) is 23.7 Å². The number of anilines is 2. The van der Waals surface area contributed by atoms with Gasteiger partial charge in [-0.2, -0.15) is 13.2 Å². The Kier molecular flexibility index (Phi) is 5.65. The lowest BCUT2D eigenvalue weighted by atomic mass is 10.2. The van der Waals surface area contributed by atoms with Gasteiger partial charge in [0.2, 0.25) is 0 Å². The summed E-state index contributed by atoms with van der Waals surface area (Å²) < 4.78 is 45.5. The number of piperazine rings is 1. The topological polar surface area (TPSA) is 72.2 Å². The Morgan fingerprint density at radius 1 is 1.03 bits per heavy atom. The first kappa shape index (κ1) is 20.6. The third-order valence-corrected chi connectivity index (χ3v) is 5.22. The lowest BCUT2D eigenvalue weighted by molar-refractivity contribution is -0.137. The molecule has 8 nitrogen and oxygen atoms in total. The van der Waals surface area contributed by atoms with Crippen LogP contribution in [0.2, 0.25) is 5.02 Å². The van der Waals surface area contributed by atoms with Gasteiger partial charge in [0.05, 0.1) is 23.5 Å². The highest BCUT2D eigenvalue weighted by Crippen LogP contribution is 2.34. The molecule has 1 aliphatic heterocycles. The monoisotopic (exact) mass is 441 g/mol. The molecule has 160 valence electrons. The van der Waals surface area contributed by atoms with Crippen molar-refractivity contribution in [3.63, 3.8) is 0 Å². The Balaban J connectivity index is 1.49. The van der Waals surface area contributed by atoms with Gasteiger partial charge in [-0.3, -0.25) is 0 Å². The van der Waals surface area contributed by atoms with Crippen LogP contribution < -0.4 is 9.80 Å². The van der Waals surface area contributed by atoms with Crippen LogP contribution in [0.3, 0.4) is 0 Å². The van der Waals surface area contributed by atoms with Crippen LogP contribution in [0, 0.1) is 0 Å². The molecule has 12 heteroatoms. The van der Waals surface area contributed by atoms with Gasteiger partial charge >= 0.3 is 6.18 Å². The molecule has 1 aliphatic rings. The molecule has 1 fully saturated rings. The number of alkyl halides is 3. The first-order chi connectivity index (χ1) is 14.4. The van der Waals surface area contributed by atoms with Gasteiger partial charge in [0.15, 0.2) is 17.0 Å². The lowest BCUT2D eigenvalue weighted by Gasteiger charge is -2.36. The molecule has 1 saturated heterocycles. The van der Waals surface area contributed by atoms with Gasteiger partial charge in [0, 0.05) is 46.0 Å². The van der Waals surface area contributed by atoms with E-state index in [2.05, 4.69) is 24.8 Å². The Bertz CT molecular complexity index is 1030. The SMILES string of the molecule is COCCn1cnc2c(N3CCN(c4ncc(C(F)(F)F)cc4Cl)CC3)ncnc21. The highest BCUT2D eigenvalue weighted by molar-refractivity contribution is 6.33. The van der Waals surface area contributed by atoms with Gasteiger partial charge in [-0.25, -0.2) is 19.9 Å². The van der Waals surface area contributed by atoms with Gasteiger partial charge in [-0.05, 0) is 6.07 Å². The number of hydrogen-bond donors (Lipinski definition) is 0. The molecule has 0 atom stereocenters. The normalized spacial score (nSPS) is 15.2. The summed E-state index contributed by atoms with van der Waals surface area (Å²) in [6, 6.07) is 0.914. The number of imidazole rings is 1. The molecule has 3 aromatic rings. The maximum atomic E-state index is 12.8. The minimum Gasteiger partial charge on any atom is -0.383 e. The van der Waals surface area contributed by atoms with Crippen LogP contribution in [0.15, 0.2) is 24.9 Å². The summed E-state index contributed by atoms with van der Waals surface area (Å²) in [5.41, 5.74) is 0.571. The highest BCUT2D eigenvalue weighted by atomic mass is 35.5. The van der Waals surface area contributed by atoms with Crippen LogP contribution in [0.5, 0.6) is 0 Å². The van der Waals surface area contributed by atoms with Gasteiger partial charge in [0.25, 0.3) is 0 Å². The van der Waals surface area contributed by atoms with Gasteiger partial charge in [-0.15, -0.1) is 0 Å². The standard InChI is InChI=1S/C18H19ClF3N7O/c1-30-7-6-29-11-26-14-16(24-10-25-17(14)29)28-4-2-27(3-5-28)15-13(19)8-12(9-23-15)18(20,21)22/h8-11H,2-7H2,1H3. The van der Waals surface area contributed by atoms with Crippen molar-refractivity contribution in [3.8, 4) is 0 Å². The summed E-state index contributed by atoms with van der Waals surface area (Å²) >= 11 is 6.08. The number of fused-ring (bicyclic) bond motifs is 1. The smallest absolute Gasteiger partial charge is 0.383 e. The number of halogens is 4. The summed E-state index contributed by atoms with van der Waals surface area (Å²) in [4.78, 5) is 21.1. The first-order valence-corrected chi connectivity index (χ1v) is 9.63. The second-order valence-corrected chi connectivity index (χ2v) is 7.21. The summed E-state index contributed by atoms with van der Waals surface area (Å²) in [6.07, 6.45) is -0.444. The molecule has 0 spiro atoms. The van der Waals surface area contributed by atoms with Crippen molar-refractivity contribution in [1.82, 2.24) is 24.5 Å². The molecule has 30 heavy (non-hydrogen) atoms. The zero-order chi connectivity index (χ0) is 21.3. The molecule has 0 unspecified atom stereocenters. The molecule has 4 rings (SSSR count). The van der Waals surface area contributed by atoms with Crippen LogP contribution in [0.4, 0.5) is 24.8 Å². The average molecular weight is 442 g/mol. The fourth-order valence-electron chi connectivity index (χ4n) is 3.40. The minimum absolute atomic E-state index is 0.0143. The second-order valence-electron chi connectivity index (χ2n) is 6.80. The first-order valence-electron chi connectivity index (χ1n) is 9.26. The van der Waals surface area contributed by atoms with Crippen molar-refractivity contribution >= 4 is 34.4 Å². The highest BCUT2D eigenvalue weighted by Gasteiger charge is 2.32. The van der Waals surface area contributed by atoms with E-state index in [1.807, 2.05) is 9.47 Å². The van der Waals surface area contributed by atoms with E-state index in [1.165, 1.54) is 6.33 Å². The van der Waals surface area contributed by atoms with Crippen LogP contribution in [0.25, 0.3) is 11.2 Å². The van der Waals surface area contributed by atoms with Gasteiger partial charge in [0.1, 0.15) is 12.1 Å². The Hall–Kier alpha value is -2.66. The van der Waals surface area contributed by atoms with E-state index in [9.17, 15) is 13.2 Å². The molecule has 0 N–H and O–H groups in total. The fraction of sp³-hybridized carbons (Fsp3) is 0.444. The molecule has 0 bridgehead atoms. The zero-order valence-electron chi connectivity index (χ0n) is 16.1. The maximum Gasteiger partial charge on any atom is 0.417 e. The third kappa shape index (κ3) is 3.99. The van der Waals surface area contributed by atoms with E-state index in [0.29, 0.717) is 50.7 Å². The van der Waals surface area contributed by atoms with E-state index in [1.54, 1.807) is 13.4 Å². The van der Waals surface area contributed by atoms with Crippen LogP contribution in [-0.4, -0.2) is 64.4 Å². The number of rotatable bonds is 5. The van der Waals surface area contributed by atoms with Crippen molar-refractivity contribution in [1.29, 1.82) is 0 Å². The van der Waals surface area contributed by atoms with Crippen molar-refractivity contribution in [2.24, 2.45) is 0 Å². The predicted molar refractivity (Wildman–Crippen MR) is 106 cm³/mol. The molecular formula is C18H19ClF3N7O. The van der Waals surface area contributed by atoms with E-state index < -0.39 is 11.7 Å².